The molecule has 200 valence electrons. The molecule has 0 aliphatic carbocycles. The molecule has 2 saturated heterocycles. The normalized spacial score (nSPS) is 25.3. The van der Waals surface area contributed by atoms with E-state index in [4.69, 9.17) is 16.0 Å². The highest BCUT2D eigenvalue weighted by Gasteiger charge is 2.57. The van der Waals surface area contributed by atoms with Crippen molar-refractivity contribution in [1.29, 1.82) is 0 Å². The Balaban J connectivity index is 1.34. The number of H-pyrrole nitrogens is 1. The minimum Gasteiger partial charge on any atom is -0.467 e. The Morgan fingerprint density at radius 2 is 2.00 bits per heavy atom. The van der Waals surface area contributed by atoms with Crippen LogP contribution < -0.4 is 5.32 Å². The van der Waals surface area contributed by atoms with E-state index < -0.39 is 17.4 Å². The molecule has 0 radical (unpaired) electrons. The summed E-state index contributed by atoms with van der Waals surface area (Å²) >= 11 is 6.34. The summed E-state index contributed by atoms with van der Waals surface area (Å²) < 4.78 is 5.31. The SMILES string of the molecule is C[C@]12c3[nH]c4ccc(Cl)cc4c3CCN1C(=O)[C@@H](CC(=O)NCc1ccco1)C[C@@H]2C(=O)N1CCCCC1. The van der Waals surface area contributed by atoms with Crippen LogP contribution in [0.4, 0.5) is 0 Å². The lowest BCUT2D eigenvalue weighted by molar-refractivity contribution is -0.164. The lowest BCUT2D eigenvalue weighted by Crippen LogP contribution is -2.64. The van der Waals surface area contributed by atoms with Crippen LogP contribution in [0.5, 0.6) is 0 Å². The van der Waals surface area contributed by atoms with Gasteiger partial charge in [-0.25, -0.2) is 0 Å². The summed E-state index contributed by atoms with van der Waals surface area (Å²) in [6.45, 7) is 4.27. The van der Waals surface area contributed by atoms with Crippen molar-refractivity contribution in [3.05, 3.63) is 58.6 Å². The Kier molecular flexibility index (Phi) is 6.46. The molecule has 6 rings (SSSR count). The number of rotatable bonds is 5. The maximum absolute atomic E-state index is 14.2. The molecular weight excluding hydrogens is 504 g/mol. The number of halogens is 1. The first-order chi connectivity index (χ1) is 18.4. The van der Waals surface area contributed by atoms with Crippen LogP contribution >= 0.6 is 11.6 Å². The summed E-state index contributed by atoms with van der Waals surface area (Å²) in [5, 5.41) is 4.57. The van der Waals surface area contributed by atoms with Crippen LogP contribution in [-0.4, -0.2) is 52.1 Å². The second kappa shape index (κ2) is 9.80. The first kappa shape index (κ1) is 25.0. The smallest absolute Gasteiger partial charge is 0.228 e. The van der Waals surface area contributed by atoms with E-state index in [1.807, 2.05) is 34.9 Å². The van der Waals surface area contributed by atoms with Gasteiger partial charge >= 0.3 is 0 Å². The van der Waals surface area contributed by atoms with E-state index in [-0.39, 0.29) is 30.7 Å². The average Bonchev–Trinajstić information content (AvgIpc) is 3.58. The zero-order chi connectivity index (χ0) is 26.4. The van der Waals surface area contributed by atoms with Crippen LogP contribution in [0, 0.1) is 11.8 Å². The molecule has 1 aromatic carbocycles. The van der Waals surface area contributed by atoms with Crippen molar-refractivity contribution < 1.29 is 18.8 Å². The lowest BCUT2D eigenvalue weighted by Gasteiger charge is -2.54. The number of fused-ring (bicyclic) bond motifs is 5. The summed E-state index contributed by atoms with van der Waals surface area (Å²) in [5.74, 6) is -0.560. The van der Waals surface area contributed by atoms with E-state index in [1.165, 1.54) is 0 Å². The summed E-state index contributed by atoms with van der Waals surface area (Å²) in [4.78, 5) is 48.4. The molecule has 3 aliphatic rings. The Bertz CT molecular complexity index is 1380. The highest BCUT2D eigenvalue weighted by atomic mass is 35.5. The average molecular weight is 537 g/mol. The summed E-state index contributed by atoms with van der Waals surface area (Å²) in [6.07, 6.45) is 5.72. The highest BCUT2D eigenvalue weighted by Crippen LogP contribution is 2.50. The van der Waals surface area contributed by atoms with Gasteiger partial charge in [0.1, 0.15) is 5.76 Å². The molecule has 38 heavy (non-hydrogen) atoms. The zero-order valence-electron chi connectivity index (χ0n) is 21.6. The van der Waals surface area contributed by atoms with Gasteiger partial charge in [0.15, 0.2) is 0 Å². The standard InChI is InChI=1S/C29H33ClN4O4/c1-29-23(28(37)33-10-3-2-4-11-33)14-18(15-25(35)31-17-20-6-5-13-38-20)27(36)34(29)12-9-21-22-16-19(30)7-8-24(22)32-26(21)29/h5-8,13,16,18,23,32H,2-4,9-12,14-15,17H2,1H3,(H,31,35)/t18-,23-,29+/m1/s1. The van der Waals surface area contributed by atoms with Crippen molar-refractivity contribution in [2.75, 3.05) is 19.6 Å². The molecule has 0 saturated carbocycles. The molecule has 8 nitrogen and oxygen atoms in total. The van der Waals surface area contributed by atoms with Gasteiger partial charge in [-0.05, 0) is 74.9 Å². The zero-order valence-corrected chi connectivity index (χ0v) is 22.4. The number of carbonyl (C=O) groups is 3. The Hall–Kier alpha value is -3.26. The van der Waals surface area contributed by atoms with Crippen molar-refractivity contribution in [3.8, 4) is 0 Å². The second-order valence-corrected chi connectivity index (χ2v) is 11.4. The number of piperidine rings is 2. The Morgan fingerprint density at radius 1 is 1.18 bits per heavy atom. The van der Waals surface area contributed by atoms with Crippen molar-refractivity contribution in [1.82, 2.24) is 20.1 Å². The first-order valence-electron chi connectivity index (χ1n) is 13.6. The molecule has 2 fully saturated rings. The molecule has 5 heterocycles. The topological polar surface area (TPSA) is 98.6 Å². The number of furan rings is 1. The van der Waals surface area contributed by atoms with Gasteiger partial charge in [0.2, 0.25) is 17.7 Å². The first-order valence-corrected chi connectivity index (χ1v) is 13.9. The van der Waals surface area contributed by atoms with Crippen LogP contribution in [0.3, 0.4) is 0 Å². The molecule has 2 aromatic heterocycles. The minimum atomic E-state index is -0.828. The largest absolute Gasteiger partial charge is 0.467 e. The lowest BCUT2D eigenvalue weighted by atomic mass is 9.67. The van der Waals surface area contributed by atoms with Crippen molar-refractivity contribution in [2.24, 2.45) is 11.8 Å². The van der Waals surface area contributed by atoms with Crippen molar-refractivity contribution >= 4 is 40.2 Å². The third-order valence-corrected chi connectivity index (χ3v) is 9.01. The van der Waals surface area contributed by atoms with Gasteiger partial charge in [-0.1, -0.05) is 11.6 Å². The fourth-order valence-corrected chi connectivity index (χ4v) is 6.95. The van der Waals surface area contributed by atoms with Gasteiger partial charge in [-0.2, -0.15) is 0 Å². The number of nitrogens with one attached hydrogen (secondary N) is 2. The fourth-order valence-electron chi connectivity index (χ4n) is 6.78. The van der Waals surface area contributed by atoms with Gasteiger partial charge in [0.25, 0.3) is 0 Å². The van der Waals surface area contributed by atoms with Crippen LogP contribution in [0.2, 0.25) is 5.02 Å². The number of aromatic amines is 1. The van der Waals surface area contributed by atoms with Crippen LogP contribution in [-0.2, 0) is 32.9 Å². The van der Waals surface area contributed by atoms with Gasteiger partial charge < -0.3 is 24.5 Å². The van der Waals surface area contributed by atoms with E-state index in [9.17, 15) is 14.4 Å². The molecular formula is C29H33ClN4O4. The number of aromatic nitrogens is 1. The van der Waals surface area contributed by atoms with E-state index in [2.05, 4.69) is 10.3 Å². The predicted octanol–water partition coefficient (Wildman–Crippen LogP) is 4.37. The summed E-state index contributed by atoms with van der Waals surface area (Å²) in [7, 11) is 0. The summed E-state index contributed by atoms with van der Waals surface area (Å²) in [5.41, 5.74) is 2.18. The maximum atomic E-state index is 14.2. The minimum absolute atomic E-state index is 0.0467. The number of hydrogen-bond acceptors (Lipinski definition) is 4. The molecule has 9 heteroatoms. The van der Waals surface area contributed by atoms with Gasteiger partial charge in [-0.15, -0.1) is 0 Å². The number of amides is 3. The molecule has 2 N–H and O–H groups in total. The third kappa shape index (κ3) is 4.19. The molecule has 3 atom stereocenters. The van der Waals surface area contributed by atoms with E-state index in [1.54, 1.807) is 18.4 Å². The number of likely N-dealkylation sites (tertiary alicyclic amines) is 1. The van der Waals surface area contributed by atoms with Gasteiger partial charge in [0.05, 0.1) is 24.3 Å². The molecule has 0 bridgehead atoms. The number of benzene rings is 1. The number of carbonyl (C=O) groups excluding carboxylic acids is 3. The van der Waals surface area contributed by atoms with Gasteiger partial charge in [0, 0.05) is 53.6 Å². The maximum Gasteiger partial charge on any atom is 0.228 e. The number of nitrogens with zero attached hydrogens (tertiary/aromatic N) is 2. The van der Waals surface area contributed by atoms with Crippen LogP contribution in [0.15, 0.2) is 41.0 Å². The highest BCUT2D eigenvalue weighted by molar-refractivity contribution is 6.31. The van der Waals surface area contributed by atoms with E-state index in [0.717, 1.165) is 54.5 Å². The molecule has 3 aromatic rings. The second-order valence-electron chi connectivity index (χ2n) is 11.0. The van der Waals surface area contributed by atoms with Crippen LogP contribution in [0.25, 0.3) is 10.9 Å². The molecule has 3 aliphatic heterocycles. The molecule has 0 unspecified atom stereocenters. The van der Waals surface area contributed by atoms with E-state index in [0.29, 0.717) is 30.2 Å². The fraction of sp³-hybridized carbons (Fsp3) is 0.483. The van der Waals surface area contributed by atoms with Gasteiger partial charge in [-0.3, -0.25) is 14.4 Å². The summed E-state index contributed by atoms with van der Waals surface area (Å²) in [6, 6.07) is 9.34. The Morgan fingerprint density at radius 3 is 2.76 bits per heavy atom. The quantitative estimate of drug-likeness (QED) is 0.506. The number of hydrogen-bond donors (Lipinski definition) is 2. The van der Waals surface area contributed by atoms with E-state index >= 15 is 0 Å². The predicted molar refractivity (Wildman–Crippen MR) is 143 cm³/mol. The molecule has 3 amide bonds. The third-order valence-electron chi connectivity index (χ3n) is 8.77. The molecule has 0 spiro atoms. The monoisotopic (exact) mass is 536 g/mol. The Labute approximate surface area is 226 Å². The van der Waals surface area contributed by atoms with Crippen LogP contribution in [0.1, 0.15) is 56.0 Å². The van der Waals surface area contributed by atoms with Crippen molar-refractivity contribution in [2.45, 2.75) is 57.5 Å². The van der Waals surface area contributed by atoms with Crippen molar-refractivity contribution in [3.63, 3.8) is 0 Å².